The van der Waals surface area contributed by atoms with Crippen LogP contribution in [0.1, 0.15) is 18.2 Å². The molecule has 10 heteroatoms. The highest BCUT2D eigenvalue weighted by Gasteiger charge is 2.30. The fourth-order valence-corrected chi connectivity index (χ4v) is 3.73. The number of nitrogens with two attached hydrogens (primary N) is 1. The molecule has 0 spiro atoms. The minimum absolute atomic E-state index is 0.0310. The molecule has 1 fully saturated rings. The van der Waals surface area contributed by atoms with E-state index in [9.17, 15) is 4.79 Å². The number of ether oxygens (including phenoxy) is 1. The lowest BCUT2D eigenvalue weighted by Gasteiger charge is -2.40. The van der Waals surface area contributed by atoms with E-state index in [0.29, 0.717) is 31.2 Å². The molecule has 3 heterocycles. The number of hydrogen-bond donors (Lipinski definition) is 2. The molecule has 0 aliphatic carbocycles. The first-order chi connectivity index (χ1) is 14.4. The maximum atomic E-state index is 12.8. The number of fused-ring (bicyclic) bond motifs is 1. The van der Waals surface area contributed by atoms with Crippen molar-refractivity contribution in [2.24, 2.45) is 0 Å². The number of nitrogens with zero attached hydrogens (tertiary/aromatic N) is 6. The van der Waals surface area contributed by atoms with Crippen LogP contribution in [0.15, 0.2) is 24.3 Å². The van der Waals surface area contributed by atoms with Crippen molar-refractivity contribution in [3.8, 4) is 5.75 Å². The van der Waals surface area contributed by atoms with Crippen LogP contribution < -0.4 is 20.7 Å². The van der Waals surface area contributed by atoms with Gasteiger partial charge in [-0.05, 0) is 44.5 Å². The zero-order valence-corrected chi connectivity index (χ0v) is 17.6. The molecule has 2 aromatic heterocycles. The first-order valence-corrected chi connectivity index (χ1v) is 9.83. The molecule has 1 saturated heterocycles. The van der Waals surface area contributed by atoms with Crippen molar-refractivity contribution in [2.75, 3.05) is 42.7 Å². The summed E-state index contributed by atoms with van der Waals surface area (Å²) in [5.41, 5.74) is 9.14. The van der Waals surface area contributed by atoms with Gasteiger partial charge in [0.25, 0.3) is 0 Å². The zero-order chi connectivity index (χ0) is 21.4. The highest BCUT2D eigenvalue weighted by molar-refractivity contribution is 5.90. The highest BCUT2D eigenvalue weighted by Crippen LogP contribution is 2.23. The summed E-state index contributed by atoms with van der Waals surface area (Å²) in [7, 11) is 1.62. The van der Waals surface area contributed by atoms with E-state index >= 15 is 0 Å². The number of benzene rings is 1. The molecule has 1 aromatic carbocycles. The molecule has 0 radical (unpaired) electrons. The van der Waals surface area contributed by atoms with Gasteiger partial charge >= 0.3 is 6.03 Å². The Labute approximate surface area is 174 Å². The van der Waals surface area contributed by atoms with Crippen molar-refractivity contribution in [3.63, 3.8) is 0 Å². The third-order valence-corrected chi connectivity index (χ3v) is 5.29. The minimum Gasteiger partial charge on any atom is -0.497 e. The Bertz CT molecular complexity index is 1100. The van der Waals surface area contributed by atoms with E-state index in [1.54, 1.807) is 16.5 Å². The lowest BCUT2D eigenvalue weighted by atomic mass is 10.2. The second-order valence-corrected chi connectivity index (χ2v) is 7.54. The third kappa shape index (κ3) is 3.68. The average Bonchev–Trinajstić information content (AvgIpc) is 3.08. The molecule has 30 heavy (non-hydrogen) atoms. The van der Waals surface area contributed by atoms with Crippen LogP contribution in [0.3, 0.4) is 0 Å². The van der Waals surface area contributed by atoms with Gasteiger partial charge in [0.1, 0.15) is 5.75 Å². The van der Waals surface area contributed by atoms with Gasteiger partial charge in [0.05, 0.1) is 12.8 Å². The fourth-order valence-electron chi connectivity index (χ4n) is 3.73. The van der Waals surface area contributed by atoms with Gasteiger partial charge in [0, 0.05) is 37.4 Å². The number of carbonyl (C=O) groups is 1. The average molecular weight is 410 g/mol. The second kappa shape index (κ2) is 7.69. The standard InChI is InChI=1S/C20H26N8O2/c1-12-9-15(30-4)5-6-16(12)22-20(29)26-7-8-27(14(3)11-26)19-24-18(21)23-17-10-13(2)25-28(17)19/h5-6,9-10,14H,7-8,11H2,1-4H3,(H2,21,23)(H,22,29)/t14-/m0/s1. The van der Waals surface area contributed by atoms with Crippen molar-refractivity contribution in [1.29, 1.82) is 0 Å². The Kier molecular flexibility index (Phi) is 5.06. The number of piperazine rings is 1. The van der Waals surface area contributed by atoms with E-state index in [0.717, 1.165) is 22.7 Å². The minimum atomic E-state index is -0.128. The van der Waals surface area contributed by atoms with Gasteiger partial charge in [-0.2, -0.15) is 19.6 Å². The van der Waals surface area contributed by atoms with Crippen molar-refractivity contribution in [1.82, 2.24) is 24.5 Å². The molecule has 1 atom stereocenters. The molecule has 10 nitrogen and oxygen atoms in total. The molecule has 158 valence electrons. The van der Waals surface area contributed by atoms with Gasteiger partial charge in [-0.1, -0.05) is 0 Å². The highest BCUT2D eigenvalue weighted by atomic mass is 16.5. The van der Waals surface area contributed by atoms with Crippen molar-refractivity contribution in [2.45, 2.75) is 26.8 Å². The fraction of sp³-hybridized carbons (Fsp3) is 0.400. The largest absolute Gasteiger partial charge is 0.497 e. The maximum absolute atomic E-state index is 12.8. The first kappa shape index (κ1) is 19.7. The van der Waals surface area contributed by atoms with Crippen LogP contribution in [0, 0.1) is 13.8 Å². The summed E-state index contributed by atoms with van der Waals surface area (Å²) in [5.74, 6) is 1.61. The Morgan fingerprint density at radius 2 is 2.03 bits per heavy atom. The van der Waals surface area contributed by atoms with Crippen molar-refractivity contribution < 1.29 is 9.53 Å². The SMILES string of the molecule is COc1ccc(NC(=O)N2CCN(c3nc(N)nc4cc(C)nn34)[C@@H](C)C2)c(C)c1. The summed E-state index contributed by atoms with van der Waals surface area (Å²) < 4.78 is 6.93. The van der Waals surface area contributed by atoms with Gasteiger partial charge in [-0.25, -0.2) is 4.79 Å². The first-order valence-electron chi connectivity index (χ1n) is 9.83. The Balaban J connectivity index is 1.49. The van der Waals surface area contributed by atoms with Gasteiger partial charge in [0.2, 0.25) is 11.9 Å². The van der Waals surface area contributed by atoms with Crippen LogP contribution in [-0.4, -0.2) is 63.3 Å². The lowest BCUT2D eigenvalue weighted by molar-refractivity contribution is 0.199. The van der Waals surface area contributed by atoms with Gasteiger partial charge < -0.3 is 25.6 Å². The molecule has 3 aromatic rings. The number of rotatable bonds is 3. The van der Waals surface area contributed by atoms with Crippen LogP contribution in [0.5, 0.6) is 5.75 Å². The molecule has 1 aliphatic rings. The molecule has 0 unspecified atom stereocenters. The van der Waals surface area contributed by atoms with E-state index < -0.39 is 0 Å². The quantitative estimate of drug-likeness (QED) is 0.679. The van der Waals surface area contributed by atoms with E-state index in [1.807, 2.05) is 38.1 Å². The number of hydrogen-bond acceptors (Lipinski definition) is 7. The summed E-state index contributed by atoms with van der Waals surface area (Å²) in [6.07, 6.45) is 0. The molecule has 1 aliphatic heterocycles. The summed E-state index contributed by atoms with van der Waals surface area (Å²) in [4.78, 5) is 25.4. The maximum Gasteiger partial charge on any atom is 0.321 e. The molecular weight excluding hydrogens is 384 g/mol. The normalized spacial score (nSPS) is 16.7. The van der Waals surface area contributed by atoms with Crippen LogP contribution in [0.4, 0.5) is 22.4 Å². The monoisotopic (exact) mass is 410 g/mol. The number of nitrogen functional groups attached to an aromatic ring is 1. The molecule has 2 amide bonds. The molecule has 0 saturated carbocycles. The third-order valence-electron chi connectivity index (χ3n) is 5.29. The van der Waals surface area contributed by atoms with E-state index in [1.165, 1.54) is 0 Å². The molecule has 4 rings (SSSR count). The van der Waals surface area contributed by atoms with E-state index in [-0.39, 0.29) is 18.0 Å². The molecule has 0 bridgehead atoms. The number of methoxy groups -OCH3 is 1. The van der Waals surface area contributed by atoms with E-state index in [2.05, 4.69) is 32.2 Å². The predicted molar refractivity (Wildman–Crippen MR) is 115 cm³/mol. The summed E-state index contributed by atoms with van der Waals surface area (Å²) in [5, 5.41) is 7.49. The van der Waals surface area contributed by atoms with Crippen LogP contribution in [0.2, 0.25) is 0 Å². The number of amides is 2. The Morgan fingerprint density at radius 3 is 2.73 bits per heavy atom. The second-order valence-electron chi connectivity index (χ2n) is 7.54. The molecular formula is C20H26N8O2. The zero-order valence-electron chi connectivity index (χ0n) is 17.6. The van der Waals surface area contributed by atoms with Gasteiger partial charge in [-0.15, -0.1) is 0 Å². The van der Waals surface area contributed by atoms with Crippen LogP contribution in [-0.2, 0) is 0 Å². The van der Waals surface area contributed by atoms with E-state index in [4.69, 9.17) is 10.5 Å². The topological polar surface area (TPSA) is 114 Å². The van der Waals surface area contributed by atoms with Crippen LogP contribution >= 0.6 is 0 Å². The molecule has 3 N–H and O–H groups in total. The van der Waals surface area contributed by atoms with Crippen LogP contribution in [0.25, 0.3) is 5.65 Å². The Hall–Kier alpha value is -3.56. The summed E-state index contributed by atoms with van der Waals surface area (Å²) in [6, 6.07) is 7.35. The Morgan fingerprint density at radius 1 is 1.23 bits per heavy atom. The summed E-state index contributed by atoms with van der Waals surface area (Å²) >= 11 is 0. The number of anilines is 3. The number of aryl methyl sites for hydroxylation is 2. The number of aromatic nitrogens is 4. The number of carbonyl (C=O) groups excluding carboxylic acids is 1. The predicted octanol–water partition coefficient (Wildman–Crippen LogP) is 2.07. The summed E-state index contributed by atoms with van der Waals surface area (Å²) in [6.45, 7) is 7.61. The lowest BCUT2D eigenvalue weighted by Crippen LogP contribution is -2.55. The van der Waals surface area contributed by atoms with Crippen molar-refractivity contribution in [3.05, 3.63) is 35.5 Å². The number of nitrogens with one attached hydrogen (secondary N) is 1. The van der Waals surface area contributed by atoms with Gasteiger partial charge in [-0.3, -0.25) is 0 Å². The van der Waals surface area contributed by atoms with Gasteiger partial charge in [0.15, 0.2) is 5.65 Å². The smallest absolute Gasteiger partial charge is 0.321 e. The number of urea groups is 1. The van der Waals surface area contributed by atoms with Crippen molar-refractivity contribution >= 4 is 29.3 Å².